The summed E-state index contributed by atoms with van der Waals surface area (Å²) < 4.78 is 5.15. The second kappa shape index (κ2) is 6.64. The summed E-state index contributed by atoms with van der Waals surface area (Å²) in [6.07, 6.45) is 0.825. The SMILES string of the molecule is C=C[C@@H](O)[C@H](CC(C)C)NC(=O)OC(C)(C)C. The van der Waals surface area contributed by atoms with Crippen molar-refractivity contribution in [2.24, 2.45) is 5.92 Å². The fourth-order valence-electron chi connectivity index (χ4n) is 1.41. The van der Waals surface area contributed by atoms with Crippen LogP contribution >= 0.6 is 0 Å². The highest BCUT2D eigenvalue weighted by Crippen LogP contribution is 2.11. The Morgan fingerprint density at radius 3 is 2.35 bits per heavy atom. The third-order valence-corrected chi connectivity index (χ3v) is 2.08. The summed E-state index contributed by atoms with van der Waals surface area (Å²) in [6.45, 7) is 13.0. The first-order valence-corrected chi connectivity index (χ1v) is 5.96. The van der Waals surface area contributed by atoms with E-state index in [0.29, 0.717) is 12.3 Å². The molecule has 0 bridgehead atoms. The van der Waals surface area contributed by atoms with Crippen LogP contribution in [0.2, 0.25) is 0 Å². The molecule has 0 aromatic rings. The molecule has 0 aromatic heterocycles. The number of carbonyl (C=O) groups excluding carboxylic acids is 1. The van der Waals surface area contributed by atoms with Crippen molar-refractivity contribution in [1.82, 2.24) is 5.32 Å². The fourth-order valence-corrected chi connectivity index (χ4v) is 1.41. The Kier molecular flexibility index (Phi) is 6.24. The van der Waals surface area contributed by atoms with Crippen LogP contribution in [-0.2, 0) is 4.74 Å². The van der Waals surface area contributed by atoms with Crippen LogP contribution < -0.4 is 5.32 Å². The lowest BCUT2D eigenvalue weighted by molar-refractivity contribution is 0.0442. The van der Waals surface area contributed by atoms with Gasteiger partial charge in [0.15, 0.2) is 0 Å². The number of hydrogen-bond acceptors (Lipinski definition) is 3. The van der Waals surface area contributed by atoms with E-state index in [2.05, 4.69) is 11.9 Å². The molecule has 0 unspecified atom stereocenters. The highest BCUT2D eigenvalue weighted by molar-refractivity contribution is 5.68. The Bertz CT molecular complexity index is 256. The molecule has 17 heavy (non-hydrogen) atoms. The van der Waals surface area contributed by atoms with Crippen LogP contribution in [-0.4, -0.2) is 28.9 Å². The number of hydrogen-bond donors (Lipinski definition) is 2. The van der Waals surface area contributed by atoms with E-state index in [1.807, 2.05) is 13.8 Å². The summed E-state index contributed by atoms with van der Waals surface area (Å²) >= 11 is 0. The first-order chi connectivity index (χ1) is 7.65. The van der Waals surface area contributed by atoms with Gasteiger partial charge in [-0.3, -0.25) is 0 Å². The van der Waals surface area contributed by atoms with Gasteiger partial charge in [-0.15, -0.1) is 6.58 Å². The monoisotopic (exact) mass is 243 g/mol. The van der Waals surface area contributed by atoms with Crippen LogP contribution in [0, 0.1) is 5.92 Å². The van der Waals surface area contributed by atoms with Gasteiger partial charge in [0.1, 0.15) is 5.60 Å². The van der Waals surface area contributed by atoms with Gasteiger partial charge >= 0.3 is 6.09 Å². The van der Waals surface area contributed by atoms with Crippen LogP contribution in [0.4, 0.5) is 4.79 Å². The maximum absolute atomic E-state index is 11.6. The fraction of sp³-hybridized carbons (Fsp3) is 0.769. The number of amides is 1. The molecule has 0 saturated carbocycles. The minimum atomic E-state index is -0.759. The van der Waals surface area contributed by atoms with E-state index < -0.39 is 17.8 Å². The molecule has 4 nitrogen and oxygen atoms in total. The van der Waals surface area contributed by atoms with Crippen LogP contribution in [0.1, 0.15) is 41.0 Å². The lowest BCUT2D eigenvalue weighted by Gasteiger charge is -2.26. The van der Waals surface area contributed by atoms with Crippen LogP contribution in [0.15, 0.2) is 12.7 Å². The zero-order chi connectivity index (χ0) is 13.6. The number of aliphatic hydroxyl groups excluding tert-OH is 1. The maximum Gasteiger partial charge on any atom is 0.407 e. The molecule has 0 aliphatic carbocycles. The van der Waals surface area contributed by atoms with Gasteiger partial charge in [0.2, 0.25) is 0 Å². The standard InChI is InChI=1S/C13H25NO3/c1-7-11(15)10(8-9(2)3)14-12(16)17-13(4,5)6/h7,9-11,15H,1,8H2,2-6H3,(H,14,16)/t10-,11+/m0/s1. The molecular formula is C13H25NO3. The predicted molar refractivity (Wildman–Crippen MR) is 68.8 cm³/mol. The van der Waals surface area contributed by atoms with Gasteiger partial charge < -0.3 is 15.2 Å². The second-order valence-corrected chi connectivity index (χ2v) is 5.61. The molecule has 0 rings (SSSR count). The number of aliphatic hydroxyl groups is 1. The molecule has 4 heteroatoms. The van der Waals surface area contributed by atoms with Crippen molar-refractivity contribution in [1.29, 1.82) is 0 Å². The van der Waals surface area contributed by atoms with E-state index in [9.17, 15) is 9.90 Å². The van der Waals surface area contributed by atoms with Crippen LogP contribution in [0.5, 0.6) is 0 Å². The van der Waals surface area contributed by atoms with Gasteiger partial charge in [0.25, 0.3) is 0 Å². The Morgan fingerprint density at radius 2 is 2.00 bits per heavy atom. The molecule has 0 heterocycles. The molecule has 0 spiro atoms. The molecule has 2 atom stereocenters. The van der Waals surface area contributed by atoms with Crippen LogP contribution in [0.3, 0.4) is 0 Å². The number of ether oxygens (including phenoxy) is 1. The summed E-state index contributed by atoms with van der Waals surface area (Å²) in [5, 5.41) is 12.4. The minimum absolute atomic E-state index is 0.359. The molecule has 0 saturated heterocycles. The van der Waals surface area contributed by atoms with Crippen molar-refractivity contribution in [2.45, 2.75) is 58.8 Å². The zero-order valence-electron chi connectivity index (χ0n) is 11.5. The van der Waals surface area contributed by atoms with Crippen LogP contribution in [0.25, 0.3) is 0 Å². The number of rotatable bonds is 5. The lowest BCUT2D eigenvalue weighted by atomic mass is 9.99. The van der Waals surface area contributed by atoms with Gasteiger partial charge in [-0.25, -0.2) is 4.79 Å². The van der Waals surface area contributed by atoms with E-state index in [-0.39, 0.29) is 6.04 Å². The van der Waals surface area contributed by atoms with Crippen molar-refractivity contribution >= 4 is 6.09 Å². The van der Waals surface area contributed by atoms with E-state index in [1.54, 1.807) is 20.8 Å². The Balaban J connectivity index is 4.42. The van der Waals surface area contributed by atoms with Gasteiger partial charge in [0.05, 0.1) is 12.1 Å². The predicted octanol–water partition coefficient (Wildman–Crippen LogP) is 2.47. The molecule has 0 radical (unpaired) electrons. The molecule has 100 valence electrons. The number of carbonyl (C=O) groups is 1. The number of nitrogens with one attached hydrogen (secondary N) is 1. The van der Waals surface area contributed by atoms with Gasteiger partial charge in [-0.1, -0.05) is 19.9 Å². The van der Waals surface area contributed by atoms with Crippen molar-refractivity contribution in [3.05, 3.63) is 12.7 Å². The maximum atomic E-state index is 11.6. The molecule has 2 N–H and O–H groups in total. The van der Waals surface area contributed by atoms with Crippen molar-refractivity contribution in [2.75, 3.05) is 0 Å². The third kappa shape index (κ3) is 7.80. The highest BCUT2D eigenvalue weighted by atomic mass is 16.6. The van der Waals surface area contributed by atoms with E-state index >= 15 is 0 Å². The highest BCUT2D eigenvalue weighted by Gasteiger charge is 2.23. The molecule has 0 fully saturated rings. The van der Waals surface area contributed by atoms with Gasteiger partial charge in [0, 0.05) is 0 Å². The average molecular weight is 243 g/mol. The quantitative estimate of drug-likeness (QED) is 0.729. The summed E-state index contributed by atoms with van der Waals surface area (Å²) in [5.41, 5.74) is -0.536. The van der Waals surface area contributed by atoms with Crippen molar-refractivity contribution in [3.8, 4) is 0 Å². The van der Waals surface area contributed by atoms with Crippen molar-refractivity contribution < 1.29 is 14.6 Å². The van der Waals surface area contributed by atoms with E-state index in [0.717, 1.165) is 0 Å². The molecule has 0 aliphatic rings. The smallest absolute Gasteiger partial charge is 0.407 e. The van der Waals surface area contributed by atoms with E-state index in [1.165, 1.54) is 6.08 Å². The molecule has 0 aromatic carbocycles. The summed E-state index contributed by atoms with van der Waals surface area (Å²) in [5.74, 6) is 0.365. The first kappa shape index (κ1) is 16.0. The Hall–Kier alpha value is -1.03. The summed E-state index contributed by atoms with van der Waals surface area (Å²) in [7, 11) is 0. The summed E-state index contributed by atoms with van der Waals surface area (Å²) in [4.78, 5) is 11.6. The third-order valence-electron chi connectivity index (χ3n) is 2.08. The normalized spacial score (nSPS) is 15.2. The average Bonchev–Trinajstić information content (AvgIpc) is 2.11. The first-order valence-electron chi connectivity index (χ1n) is 5.96. The molecule has 1 amide bonds. The summed E-state index contributed by atoms with van der Waals surface area (Å²) in [6, 6.07) is -0.359. The number of alkyl carbamates (subject to hydrolysis) is 1. The van der Waals surface area contributed by atoms with Gasteiger partial charge in [-0.05, 0) is 33.1 Å². The molecule has 0 aliphatic heterocycles. The molecular weight excluding hydrogens is 218 g/mol. The Morgan fingerprint density at radius 1 is 1.47 bits per heavy atom. The second-order valence-electron chi connectivity index (χ2n) is 5.61. The van der Waals surface area contributed by atoms with E-state index in [4.69, 9.17) is 4.74 Å². The zero-order valence-corrected chi connectivity index (χ0v) is 11.5. The van der Waals surface area contributed by atoms with Crippen molar-refractivity contribution in [3.63, 3.8) is 0 Å². The minimum Gasteiger partial charge on any atom is -0.444 e. The lowest BCUT2D eigenvalue weighted by Crippen LogP contribution is -2.45. The van der Waals surface area contributed by atoms with Gasteiger partial charge in [-0.2, -0.15) is 0 Å². The Labute approximate surface area is 104 Å². The topological polar surface area (TPSA) is 58.6 Å². The largest absolute Gasteiger partial charge is 0.444 e.